The van der Waals surface area contributed by atoms with E-state index in [-0.39, 0.29) is 18.7 Å². The first-order valence-corrected chi connectivity index (χ1v) is 12.7. The number of carbonyl (C=O) groups excluding carboxylic acids is 1. The van der Waals surface area contributed by atoms with Gasteiger partial charge in [0, 0.05) is 25.7 Å². The number of fused-ring (bicyclic) bond motifs is 1. The molecule has 1 amide bonds. The fourth-order valence-electron chi connectivity index (χ4n) is 4.99. The Bertz CT molecular complexity index is 938. The van der Waals surface area contributed by atoms with E-state index in [2.05, 4.69) is 47.9 Å². The van der Waals surface area contributed by atoms with Gasteiger partial charge in [0.15, 0.2) is 11.5 Å². The molecule has 0 saturated carbocycles. The summed E-state index contributed by atoms with van der Waals surface area (Å²) in [6.07, 6.45) is 5.26. The Labute approximate surface area is 203 Å². The van der Waals surface area contributed by atoms with Crippen molar-refractivity contribution in [2.75, 3.05) is 40.1 Å². The van der Waals surface area contributed by atoms with Gasteiger partial charge >= 0.3 is 0 Å². The summed E-state index contributed by atoms with van der Waals surface area (Å²) in [6.45, 7) is 7.63. The molecule has 1 saturated heterocycles. The quantitative estimate of drug-likeness (QED) is 0.445. The number of unbranched alkanes of at least 4 members (excludes halogenated alkanes) is 2. The molecule has 2 aromatic rings. The van der Waals surface area contributed by atoms with Gasteiger partial charge in [-0.25, -0.2) is 0 Å². The number of hydrogen-bond donors (Lipinski definition) is 0. The molecule has 2 aliphatic heterocycles. The Morgan fingerprint density at radius 1 is 1.00 bits per heavy atom. The van der Waals surface area contributed by atoms with Gasteiger partial charge in [-0.2, -0.15) is 0 Å². The second-order valence-corrected chi connectivity index (χ2v) is 9.35. The topological polar surface area (TPSA) is 51.2 Å². The van der Waals surface area contributed by atoms with Crippen LogP contribution >= 0.6 is 0 Å². The molecule has 2 aromatic carbocycles. The van der Waals surface area contributed by atoms with Crippen LogP contribution in [0, 0.1) is 0 Å². The van der Waals surface area contributed by atoms with Crippen molar-refractivity contribution in [1.29, 1.82) is 0 Å². The van der Waals surface area contributed by atoms with Gasteiger partial charge in [-0.05, 0) is 60.6 Å². The van der Waals surface area contributed by atoms with E-state index in [1.54, 1.807) is 7.11 Å². The number of rotatable bonds is 11. The van der Waals surface area contributed by atoms with Crippen LogP contribution in [0.4, 0.5) is 0 Å². The minimum absolute atomic E-state index is 0.185. The average molecular weight is 467 g/mol. The third-order valence-electron chi connectivity index (χ3n) is 7.03. The van der Waals surface area contributed by atoms with Crippen molar-refractivity contribution in [3.8, 4) is 17.2 Å². The second-order valence-electron chi connectivity index (χ2n) is 9.35. The molecule has 2 aliphatic rings. The third kappa shape index (κ3) is 5.66. The van der Waals surface area contributed by atoms with Crippen molar-refractivity contribution in [2.24, 2.45) is 0 Å². The molecule has 2 heterocycles. The highest BCUT2D eigenvalue weighted by Gasteiger charge is 2.36. The first kappa shape index (κ1) is 24.4. The van der Waals surface area contributed by atoms with Crippen LogP contribution in [0.5, 0.6) is 17.2 Å². The summed E-state index contributed by atoms with van der Waals surface area (Å²) >= 11 is 0. The molecule has 34 heavy (non-hydrogen) atoms. The number of ether oxygens (including phenoxy) is 3. The molecule has 1 fully saturated rings. The van der Waals surface area contributed by atoms with Gasteiger partial charge in [0.05, 0.1) is 13.7 Å². The zero-order valence-electron chi connectivity index (χ0n) is 20.8. The zero-order valence-corrected chi connectivity index (χ0v) is 20.8. The van der Waals surface area contributed by atoms with Crippen LogP contribution in [0.15, 0.2) is 42.5 Å². The summed E-state index contributed by atoms with van der Waals surface area (Å²) in [5, 5.41) is 0. The minimum atomic E-state index is 0.185. The molecule has 6 heteroatoms. The summed E-state index contributed by atoms with van der Waals surface area (Å²) in [7, 11) is 1.69. The van der Waals surface area contributed by atoms with Crippen molar-refractivity contribution < 1.29 is 19.0 Å². The van der Waals surface area contributed by atoms with Crippen molar-refractivity contribution in [3.05, 3.63) is 53.6 Å². The zero-order chi connectivity index (χ0) is 23.9. The highest BCUT2D eigenvalue weighted by molar-refractivity contribution is 5.78. The van der Waals surface area contributed by atoms with Gasteiger partial charge in [-0.15, -0.1) is 0 Å². The largest absolute Gasteiger partial charge is 0.497 e. The maximum Gasteiger partial charge on any atom is 0.236 e. The van der Waals surface area contributed by atoms with E-state index in [0.717, 1.165) is 69.0 Å². The van der Waals surface area contributed by atoms with Crippen LogP contribution < -0.4 is 14.2 Å². The van der Waals surface area contributed by atoms with Crippen LogP contribution in [-0.4, -0.2) is 55.8 Å². The van der Waals surface area contributed by atoms with Gasteiger partial charge in [-0.1, -0.05) is 44.9 Å². The van der Waals surface area contributed by atoms with Gasteiger partial charge < -0.3 is 19.1 Å². The van der Waals surface area contributed by atoms with Crippen molar-refractivity contribution in [1.82, 2.24) is 9.80 Å². The predicted molar refractivity (Wildman–Crippen MR) is 134 cm³/mol. The lowest BCUT2D eigenvalue weighted by atomic mass is 9.93. The summed E-state index contributed by atoms with van der Waals surface area (Å²) in [5.41, 5.74) is 2.47. The lowest BCUT2D eigenvalue weighted by Gasteiger charge is -2.29. The van der Waals surface area contributed by atoms with Gasteiger partial charge in [0.25, 0.3) is 0 Å². The van der Waals surface area contributed by atoms with E-state index < -0.39 is 0 Å². The summed E-state index contributed by atoms with van der Waals surface area (Å²) in [4.78, 5) is 17.9. The smallest absolute Gasteiger partial charge is 0.236 e. The highest BCUT2D eigenvalue weighted by Crippen LogP contribution is 2.43. The van der Waals surface area contributed by atoms with E-state index in [4.69, 9.17) is 14.2 Å². The second kappa shape index (κ2) is 11.6. The Kier molecular flexibility index (Phi) is 8.33. The van der Waals surface area contributed by atoms with E-state index in [1.807, 2.05) is 18.2 Å². The molecule has 0 bridgehead atoms. The summed E-state index contributed by atoms with van der Waals surface area (Å²) < 4.78 is 16.5. The lowest BCUT2D eigenvalue weighted by molar-refractivity contribution is -0.132. The number of likely N-dealkylation sites (tertiary alicyclic amines) is 1. The first-order valence-electron chi connectivity index (χ1n) is 12.7. The number of carbonyl (C=O) groups is 1. The molecule has 0 aliphatic carbocycles. The molecule has 0 radical (unpaired) electrons. The molecule has 6 nitrogen and oxygen atoms in total. The van der Waals surface area contributed by atoms with Gasteiger partial charge in [0.2, 0.25) is 12.7 Å². The molecule has 0 spiro atoms. The van der Waals surface area contributed by atoms with Crippen LogP contribution in [0.1, 0.15) is 69.0 Å². The number of methoxy groups -OCH3 is 1. The Morgan fingerprint density at radius 3 is 2.35 bits per heavy atom. The molecular weight excluding hydrogens is 428 g/mol. The number of nitrogens with zero attached hydrogens (tertiary/aromatic N) is 2. The molecule has 0 aromatic heterocycles. The van der Waals surface area contributed by atoms with Crippen LogP contribution in [-0.2, 0) is 4.79 Å². The number of amides is 1. The van der Waals surface area contributed by atoms with Crippen molar-refractivity contribution in [2.45, 2.75) is 57.9 Å². The van der Waals surface area contributed by atoms with Crippen LogP contribution in [0.2, 0.25) is 0 Å². The molecule has 184 valence electrons. The predicted octanol–water partition coefficient (Wildman–Crippen LogP) is 5.38. The summed E-state index contributed by atoms with van der Waals surface area (Å²) in [5.74, 6) is 3.05. The van der Waals surface area contributed by atoms with E-state index in [0.29, 0.717) is 12.5 Å². The van der Waals surface area contributed by atoms with E-state index in [9.17, 15) is 4.79 Å². The van der Waals surface area contributed by atoms with Crippen LogP contribution in [0.25, 0.3) is 0 Å². The third-order valence-corrected chi connectivity index (χ3v) is 7.03. The van der Waals surface area contributed by atoms with Crippen molar-refractivity contribution >= 4 is 5.91 Å². The van der Waals surface area contributed by atoms with E-state index >= 15 is 0 Å². The highest BCUT2D eigenvalue weighted by atomic mass is 16.7. The maximum atomic E-state index is 13.4. The Morgan fingerprint density at radius 2 is 1.68 bits per heavy atom. The van der Waals surface area contributed by atoms with E-state index in [1.165, 1.54) is 11.1 Å². The average Bonchev–Trinajstić information content (AvgIpc) is 3.50. The van der Waals surface area contributed by atoms with Crippen LogP contribution in [0.3, 0.4) is 0 Å². The number of hydrogen-bond acceptors (Lipinski definition) is 5. The molecular formula is C28H38N2O4. The Hall–Kier alpha value is -2.73. The fraction of sp³-hybridized carbons (Fsp3) is 0.536. The monoisotopic (exact) mass is 466 g/mol. The normalized spacial score (nSPS) is 19.4. The maximum absolute atomic E-state index is 13.4. The molecule has 0 unspecified atom stereocenters. The van der Waals surface area contributed by atoms with Gasteiger partial charge in [0.1, 0.15) is 5.75 Å². The number of benzene rings is 2. The standard InChI is InChI=1S/C28H38N2O4/c1-4-6-14-29(15-7-5-2)28(31)19-30-18-23(22-10-13-26-27(17-22)34-20-33-26)16-25(30)21-8-11-24(32-3)12-9-21/h8-13,17,23,25H,4-7,14-16,18-20H2,1-3H3/t23-,25-/m1/s1. The minimum Gasteiger partial charge on any atom is -0.497 e. The molecule has 0 N–H and O–H groups in total. The molecule has 4 rings (SSSR count). The fourth-order valence-corrected chi connectivity index (χ4v) is 4.99. The van der Waals surface area contributed by atoms with Gasteiger partial charge in [-0.3, -0.25) is 9.69 Å². The first-order chi connectivity index (χ1) is 16.6. The Balaban J connectivity index is 1.54. The molecule has 2 atom stereocenters. The summed E-state index contributed by atoms with van der Waals surface area (Å²) in [6, 6.07) is 14.7. The van der Waals surface area contributed by atoms with Crippen molar-refractivity contribution in [3.63, 3.8) is 0 Å². The SMILES string of the molecule is CCCCN(CCCC)C(=O)CN1C[C@H](c2ccc3c(c2)OCO3)C[C@@H]1c1ccc(OC)cc1. The lowest BCUT2D eigenvalue weighted by Crippen LogP contribution is -2.41.